The molecule has 1 N–H and O–H groups in total. The second kappa shape index (κ2) is 10.7. The lowest BCUT2D eigenvalue weighted by Gasteiger charge is -2.23. The number of carbonyl (C=O) groups excluding carboxylic acids is 1. The number of benzene rings is 1. The van der Waals surface area contributed by atoms with Crippen molar-refractivity contribution in [3.8, 4) is 17.1 Å². The Labute approximate surface area is 160 Å². The van der Waals surface area contributed by atoms with Crippen molar-refractivity contribution in [2.75, 3.05) is 0 Å². The van der Waals surface area contributed by atoms with Gasteiger partial charge in [-0.25, -0.2) is 0 Å². The Hall–Kier alpha value is -2.34. The number of ether oxygens (including phenoxy) is 2. The molecular formula is C21H29NO5. The largest absolute Gasteiger partial charge is 0.490 e. The number of hydrogen-bond acceptors (Lipinski definition) is 6. The highest BCUT2D eigenvalue weighted by atomic mass is 16.5. The van der Waals surface area contributed by atoms with E-state index in [1.54, 1.807) is 13.8 Å². The van der Waals surface area contributed by atoms with Gasteiger partial charge in [-0.05, 0) is 70.7 Å². The van der Waals surface area contributed by atoms with Gasteiger partial charge in [0, 0.05) is 11.1 Å². The van der Waals surface area contributed by atoms with Crippen molar-refractivity contribution in [3.05, 3.63) is 35.5 Å². The summed E-state index contributed by atoms with van der Waals surface area (Å²) in [5, 5.41) is 13.3. The van der Waals surface area contributed by atoms with Crippen LogP contribution in [0.2, 0.25) is 0 Å². The monoisotopic (exact) mass is 375 g/mol. The van der Waals surface area contributed by atoms with Crippen molar-refractivity contribution >= 4 is 6.47 Å². The normalized spacial score (nSPS) is 14.4. The summed E-state index contributed by atoms with van der Waals surface area (Å²) in [5.74, 6) is 1.53. The Kier molecular flexibility index (Phi) is 8.33. The van der Waals surface area contributed by atoms with Crippen LogP contribution >= 0.6 is 0 Å². The Morgan fingerprint density at radius 3 is 2.41 bits per heavy atom. The zero-order valence-electron chi connectivity index (χ0n) is 16.3. The quantitative estimate of drug-likeness (QED) is 0.753. The van der Waals surface area contributed by atoms with Crippen molar-refractivity contribution in [1.82, 2.24) is 5.16 Å². The van der Waals surface area contributed by atoms with E-state index in [1.807, 2.05) is 31.2 Å². The average molecular weight is 375 g/mol. The SMILES string of the molecule is CC(C)OC=O.Cc1noc(-c2ccc(OC3CCCCC3)cc2)c1CO. The number of aliphatic hydroxyl groups is 1. The molecule has 0 radical (unpaired) electrons. The molecule has 0 unspecified atom stereocenters. The first kappa shape index (κ1) is 21.0. The highest BCUT2D eigenvalue weighted by Gasteiger charge is 2.16. The van der Waals surface area contributed by atoms with Crippen LogP contribution in [0.3, 0.4) is 0 Å². The fourth-order valence-electron chi connectivity index (χ4n) is 2.97. The topological polar surface area (TPSA) is 81.8 Å². The van der Waals surface area contributed by atoms with Crippen LogP contribution in [-0.4, -0.2) is 28.9 Å². The number of carbonyl (C=O) groups is 1. The molecule has 0 aliphatic heterocycles. The molecule has 0 spiro atoms. The maximum Gasteiger partial charge on any atom is 0.293 e. The van der Waals surface area contributed by atoms with E-state index in [4.69, 9.17) is 9.26 Å². The van der Waals surface area contributed by atoms with Gasteiger partial charge in [-0.1, -0.05) is 11.6 Å². The van der Waals surface area contributed by atoms with Gasteiger partial charge >= 0.3 is 0 Å². The fraction of sp³-hybridized carbons (Fsp3) is 0.524. The minimum Gasteiger partial charge on any atom is -0.490 e. The number of hydrogen-bond donors (Lipinski definition) is 1. The Morgan fingerprint density at radius 1 is 1.22 bits per heavy atom. The predicted octanol–water partition coefficient (Wildman–Crippen LogP) is 4.42. The molecule has 148 valence electrons. The molecule has 1 fully saturated rings. The van der Waals surface area contributed by atoms with Crippen molar-refractivity contribution in [2.24, 2.45) is 0 Å². The third-order valence-corrected chi connectivity index (χ3v) is 4.44. The van der Waals surface area contributed by atoms with E-state index < -0.39 is 0 Å². The highest BCUT2D eigenvalue weighted by Crippen LogP contribution is 2.29. The lowest BCUT2D eigenvalue weighted by atomic mass is 9.98. The van der Waals surface area contributed by atoms with Gasteiger partial charge in [0.05, 0.1) is 24.5 Å². The first-order valence-corrected chi connectivity index (χ1v) is 9.47. The van der Waals surface area contributed by atoms with E-state index in [9.17, 15) is 9.90 Å². The Morgan fingerprint density at radius 2 is 1.89 bits per heavy atom. The Balaban J connectivity index is 0.000000380. The van der Waals surface area contributed by atoms with Gasteiger partial charge in [-0.3, -0.25) is 4.79 Å². The maximum atomic E-state index is 9.40. The molecular weight excluding hydrogens is 346 g/mol. The second-order valence-electron chi connectivity index (χ2n) is 6.92. The van der Waals surface area contributed by atoms with E-state index >= 15 is 0 Å². The summed E-state index contributed by atoms with van der Waals surface area (Å²) in [4.78, 5) is 9.39. The number of nitrogens with zero attached hydrogens (tertiary/aromatic N) is 1. The maximum absolute atomic E-state index is 9.40. The molecule has 0 atom stereocenters. The molecule has 1 aliphatic carbocycles. The van der Waals surface area contributed by atoms with Crippen molar-refractivity contribution in [1.29, 1.82) is 0 Å². The third-order valence-electron chi connectivity index (χ3n) is 4.44. The van der Waals surface area contributed by atoms with Crippen molar-refractivity contribution < 1.29 is 23.9 Å². The molecule has 1 heterocycles. The van der Waals surface area contributed by atoms with Crippen LogP contribution in [0.25, 0.3) is 11.3 Å². The number of aliphatic hydroxyl groups excluding tert-OH is 1. The van der Waals surface area contributed by atoms with Crippen LogP contribution in [0.4, 0.5) is 0 Å². The lowest BCUT2D eigenvalue weighted by Crippen LogP contribution is -2.19. The molecule has 1 aromatic heterocycles. The summed E-state index contributed by atoms with van der Waals surface area (Å²) in [5.41, 5.74) is 2.39. The molecule has 1 aromatic carbocycles. The molecule has 6 heteroatoms. The zero-order chi connectivity index (χ0) is 19.6. The molecule has 6 nitrogen and oxygen atoms in total. The minimum atomic E-state index is -0.0645. The summed E-state index contributed by atoms with van der Waals surface area (Å²) >= 11 is 0. The van der Waals surface area contributed by atoms with Gasteiger partial charge in [-0.15, -0.1) is 0 Å². The molecule has 1 saturated carbocycles. The van der Waals surface area contributed by atoms with Crippen LogP contribution in [0, 0.1) is 6.92 Å². The van der Waals surface area contributed by atoms with E-state index in [0.29, 0.717) is 18.3 Å². The standard InChI is InChI=1S/C17H21NO3.C4H8O2/c1-12-16(11-19)17(21-18-12)13-7-9-15(10-8-13)20-14-5-3-2-4-6-14;1-4(2)6-3-5/h7-10,14,19H,2-6,11H2,1H3;3-4H,1-2H3. The first-order chi connectivity index (χ1) is 13.0. The van der Waals surface area contributed by atoms with Crippen LogP contribution in [0.5, 0.6) is 5.75 Å². The van der Waals surface area contributed by atoms with E-state index in [0.717, 1.165) is 35.4 Å². The van der Waals surface area contributed by atoms with Crippen LogP contribution in [-0.2, 0) is 16.1 Å². The fourth-order valence-corrected chi connectivity index (χ4v) is 2.97. The lowest BCUT2D eigenvalue weighted by molar-refractivity contribution is -0.131. The van der Waals surface area contributed by atoms with Crippen LogP contribution < -0.4 is 4.74 Å². The summed E-state index contributed by atoms with van der Waals surface area (Å²) in [6, 6.07) is 7.83. The molecule has 27 heavy (non-hydrogen) atoms. The van der Waals surface area contributed by atoms with E-state index in [2.05, 4.69) is 9.89 Å². The van der Waals surface area contributed by atoms with Crippen LogP contribution in [0.1, 0.15) is 57.2 Å². The van der Waals surface area contributed by atoms with Crippen molar-refractivity contribution in [2.45, 2.75) is 71.7 Å². The first-order valence-electron chi connectivity index (χ1n) is 9.47. The van der Waals surface area contributed by atoms with Gasteiger partial charge in [0.15, 0.2) is 5.76 Å². The highest BCUT2D eigenvalue weighted by molar-refractivity contribution is 5.62. The zero-order valence-corrected chi connectivity index (χ0v) is 16.3. The Bertz CT molecular complexity index is 687. The van der Waals surface area contributed by atoms with Gasteiger partial charge in [0.2, 0.25) is 0 Å². The number of aromatic nitrogens is 1. The van der Waals surface area contributed by atoms with Crippen molar-refractivity contribution in [3.63, 3.8) is 0 Å². The molecule has 1 aliphatic rings. The predicted molar refractivity (Wildman–Crippen MR) is 102 cm³/mol. The summed E-state index contributed by atoms with van der Waals surface area (Å²) in [6.07, 6.45) is 6.54. The number of aryl methyl sites for hydroxylation is 1. The summed E-state index contributed by atoms with van der Waals surface area (Å²) in [6.45, 7) is 5.82. The van der Waals surface area contributed by atoms with E-state index in [-0.39, 0.29) is 12.7 Å². The summed E-state index contributed by atoms with van der Waals surface area (Å²) in [7, 11) is 0. The van der Waals surface area contributed by atoms with Crippen LogP contribution in [0.15, 0.2) is 28.8 Å². The van der Waals surface area contributed by atoms with Gasteiger partial charge < -0.3 is 19.1 Å². The van der Waals surface area contributed by atoms with E-state index in [1.165, 1.54) is 19.3 Å². The molecule has 2 aromatic rings. The molecule has 0 bridgehead atoms. The minimum absolute atomic E-state index is 0.0301. The molecule has 0 saturated heterocycles. The van der Waals surface area contributed by atoms with Gasteiger partial charge in [-0.2, -0.15) is 0 Å². The second-order valence-corrected chi connectivity index (χ2v) is 6.92. The number of rotatable bonds is 6. The molecule has 3 rings (SSSR count). The third kappa shape index (κ3) is 6.40. The van der Waals surface area contributed by atoms with Gasteiger partial charge in [0.1, 0.15) is 5.75 Å². The summed E-state index contributed by atoms with van der Waals surface area (Å²) < 4.78 is 15.7. The smallest absolute Gasteiger partial charge is 0.293 e. The average Bonchev–Trinajstić information content (AvgIpc) is 3.04. The molecule has 0 amide bonds. The van der Waals surface area contributed by atoms with Gasteiger partial charge in [0.25, 0.3) is 6.47 Å².